The van der Waals surface area contributed by atoms with Gasteiger partial charge in [-0.2, -0.15) is 12.2 Å². The Labute approximate surface area is 128 Å². The fraction of sp³-hybridized carbons (Fsp3) is 0.333. The van der Waals surface area contributed by atoms with Crippen molar-refractivity contribution < 1.29 is 46.4 Å². The van der Waals surface area contributed by atoms with Gasteiger partial charge < -0.3 is 24.8 Å². The van der Waals surface area contributed by atoms with E-state index in [0.29, 0.717) is 0 Å². The van der Waals surface area contributed by atoms with E-state index in [4.69, 9.17) is 0 Å². The third kappa shape index (κ3) is 24.3. The molecule has 0 radical (unpaired) electrons. The Kier molecular flexibility index (Phi) is 25.4. The quantitative estimate of drug-likeness (QED) is 0.312. The second kappa shape index (κ2) is 18.3. The monoisotopic (exact) mass is 394 g/mol. The molecule has 0 bridgehead atoms. The minimum absolute atomic E-state index is 0. The van der Waals surface area contributed by atoms with Crippen LogP contribution >= 0.6 is 0 Å². The first kappa shape index (κ1) is 22.2. The molecule has 0 fully saturated rings. The van der Waals surface area contributed by atoms with Gasteiger partial charge in [-0.05, 0) is 0 Å². The van der Waals surface area contributed by atoms with Gasteiger partial charge >= 0.3 is 43.1 Å². The average molecular weight is 395 g/mol. The van der Waals surface area contributed by atoms with E-state index in [9.17, 15) is 0 Å². The summed E-state index contributed by atoms with van der Waals surface area (Å²) >= 11 is 1.80. The molecule has 2 aliphatic rings. The summed E-state index contributed by atoms with van der Waals surface area (Å²) in [4.78, 5) is 0. The average Bonchev–Trinajstić information content (AvgIpc) is 2.83. The molecule has 0 aromatic rings. The number of hydrogen-bond donors (Lipinski definition) is 0. The Hall–Kier alpha value is 0.966. The third-order valence-corrected chi connectivity index (χ3v) is 1.17. The van der Waals surface area contributed by atoms with Crippen LogP contribution < -0.4 is 24.8 Å². The Balaban J connectivity index is -0.000000151. The van der Waals surface area contributed by atoms with Crippen molar-refractivity contribution in [2.45, 2.75) is 24.4 Å². The van der Waals surface area contributed by atoms with Gasteiger partial charge in [0.05, 0.1) is 0 Å². The second-order valence-electron chi connectivity index (χ2n) is 3.01. The van der Waals surface area contributed by atoms with E-state index in [-0.39, 0.29) is 34.8 Å². The van der Waals surface area contributed by atoms with Crippen LogP contribution in [0, 0.1) is 12.2 Å². The summed E-state index contributed by atoms with van der Waals surface area (Å²) in [5.74, 6) is 4.75. The van der Waals surface area contributed by atoms with Gasteiger partial charge in [-0.25, -0.2) is 24.3 Å². The van der Waals surface area contributed by atoms with E-state index in [1.807, 2.05) is 24.3 Å². The fourth-order valence-electron chi connectivity index (χ4n) is 0.680. The number of allylic oxidation sites excluding steroid dienone is 8. The van der Waals surface area contributed by atoms with Crippen LogP contribution in [0.25, 0.3) is 0 Å². The Morgan fingerprint density at radius 3 is 1.31 bits per heavy atom. The molecule has 0 heterocycles. The molecular formula is C12H16Cl2GeZr-2. The Morgan fingerprint density at radius 1 is 0.938 bits per heavy atom. The number of rotatable bonds is 0. The molecule has 0 nitrogen and oxygen atoms in total. The van der Waals surface area contributed by atoms with E-state index in [1.54, 1.807) is 21.6 Å². The van der Waals surface area contributed by atoms with Gasteiger partial charge in [0.25, 0.3) is 0 Å². The van der Waals surface area contributed by atoms with Gasteiger partial charge in [0.15, 0.2) is 0 Å². The molecule has 0 aromatic carbocycles. The van der Waals surface area contributed by atoms with Crippen LogP contribution in [-0.4, -0.2) is 9.98 Å². The topological polar surface area (TPSA) is 0 Å². The Bertz CT molecular complexity index is 222. The molecule has 16 heavy (non-hydrogen) atoms. The predicted octanol–water partition coefficient (Wildman–Crippen LogP) is -2.60. The zero-order valence-electron chi connectivity index (χ0n) is 9.63. The van der Waals surface area contributed by atoms with Gasteiger partial charge in [-0.15, -0.1) is 12.8 Å². The molecule has 0 amide bonds. The maximum Gasteiger partial charge on any atom is -1.00 e. The summed E-state index contributed by atoms with van der Waals surface area (Å²) < 4.78 is 0. The standard InChI is InChI=1S/2C5H5.C2H6Ge.2ClH.Zr/c2*1-2-4-5-3-1;1-3-2;;;/h2*1-3H,4H2;1-2H3;2*1H;/q2*-1;;;;+2/p-2. The van der Waals surface area contributed by atoms with Crippen molar-refractivity contribution in [3.05, 3.63) is 48.6 Å². The van der Waals surface area contributed by atoms with Gasteiger partial charge in [-0.1, -0.05) is 0 Å². The fourth-order valence-corrected chi connectivity index (χ4v) is 0.680. The minimum Gasteiger partial charge on any atom is -1.00 e. The molecule has 0 N–H and O–H groups in total. The number of halogens is 2. The van der Waals surface area contributed by atoms with Crippen LogP contribution in [0.2, 0.25) is 11.5 Å². The van der Waals surface area contributed by atoms with E-state index in [1.165, 1.54) is 0 Å². The summed E-state index contributed by atoms with van der Waals surface area (Å²) in [5.41, 5.74) is 0. The van der Waals surface area contributed by atoms with Gasteiger partial charge in [0, 0.05) is 0 Å². The first-order valence-corrected chi connectivity index (χ1v) is 16.3. The van der Waals surface area contributed by atoms with Crippen LogP contribution in [0.1, 0.15) is 12.8 Å². The van der Waals surface area contributed by atoms with Gasteiger partial charge in [-0.3, -0.25) is 12.2 Å². The van der Waals surface area contributed by atoms with Crippen molar-refractivity contribution in [2.75, 3.05) is 0 Å². The predicted molar refractivity (Wildman–Crippen MR) is 60.6 cm³/mol. The first-order valence-electron chi connectivity index (χ1n) is 4.68. The smallest absolute Gasteiger partial charge is 1.00 e. The molecule has 4 heteroatoms. The van der Waals surface area contributed by atoms with E-state index in [2.05, 4.69) is 35.8 Å². The summed E-state index contributed by atoms with van der Waals surface area (Å²) in [6.45, 7) is 0. The van der Waals surface area contributed by atoms with E-state index < -0.39 is 0 Å². The molecule has 0 atom stereocenters. The molecule has 0 saturated heterocycles. The number of hydrogen-bond acceptors (Lipinski definition) is 0. The van der Waals surface area contributed by atoms with Crippen LogP contribution in [0.15, 0.2) is 36.5 Å². The van der Waals surface area contributed by atoms with Gasteiger partial charge in [0.2, 0.25) is 0 Å². The zero-order valence-corrected chi connectivity index (χ0v) is 15.7. The second-order valence-corrected chi connectivity index (χ2v) is 20.0. The van der Waals surface area contributed by atoms with Crippen molar-refractivity contribution >= 4 is 9.98 Å². The maximum absolute atomic E-state index is 2.99. The molecule has 2 rings (SSSR count). The van der Waals surface area contributed by atoms with Crippen molar-refractivity contribution in [2.24, 2.45) is 0 Å². The van der Waals surface area contributed by atoms with Crippen LogP contribution in [0.4, 0.5) is 0 Å². The van der Waals surface area contributed by atoms with Crippen molar-refractivity contribution in [3.8, 4) is 0 Å². The summed E-state index contributed by atoms with van der Waals surface area (Å²) in [6.07, 6.45) is 20.0. The summed E-state index contributed by atoms with van der Waals surface area (Å²) in [6, 6.07) is 0. The van der Waals surface area contributed by atoms with Crippen molar-refractivity contribution in [1.82, 2.24) is 0 Å². The van der Waals surface area contributed by atoms with Gasteiger partial charge in [0.1, 0.15) is 0 Å². The summed E-state index contributed by atoms with van der Waals surface area (Å²) in [5, 5.41) is 0. The molecular weight excluding hydrogens is 379 g/mol. The molecule has 2 aliphatic carbocycles. The Morgan fingerprint density at radius 2 is 1.25 bits per heavy atom. The van der Waals surface area contributed by atoms with Crippen molar-refractivity contribution in [3.63, 3.8) is 0 Å². The molecule has 0 unspecified atom stereocenters. The van der Waals surface area contributed by atoms with Crippen LogP contribution in [-0.2, 0) is 21.6 Å². The molecule has 0 aliphatic heterocycles. The van der Waals surface area contributed by atoms with E-state index >= 15 is 0 Å². The van der Waals surface area contributed by atoms with E-state index in [0.717, 1.165) is 12.8 Å². The van der Waals surface area contributed by atoms with Crippen LogP contribution in [0.5, 0.6) is 0 Å². The molecule has 0 aromatic heterocycles. The first-order chi connectivity index (χ1) is 6.73. The van der Waals surface area contributed by atoms with Crippen molar-refractivity contribution in [1.29, 1.82) is 0 Å². The summed E-state index contributed by atoms with van der Waals surface area (Å²) in [7, 11) is -0.243. The minimum atomic E-state index is -0.243. The normalized spacial score (nSPS) is 12.8. The largest absolute Gasteiger partial charge is 1.00 e. The third-order valence-electron chi connectivity index (χ3n) is 1.17. The molecule has 0 saturated carbocycles. The zero-order chi connectivity index (χ0) is 10.6. The van der Waals surface area contributed by atoms with Crippen LogP contribution in [0.3, 0.4) is 0 Å². The molecule has 88 valence electrons. The SMILES string of the molecule is [C-]1=CC=CC1.[C-]1=CC=CC1.[CH3][Ge]([CH3])=[Zr+2].[Cl-].[Cl-]. The molecule has 0 spiro atoms. The maximum atomic E-state index is 2.99.